The summed E-state index contributed by atoms with van der Waals surface area (Å²) in [5, 5.41) is 28.6. The molecule has 1 amide bonds. The highest BCUT2D eigenvalue weighted by Gasteiger charge is 2.79. The minimum Gasteiger partial charge on any atom is -0.461 e. The lowest BCUT2D eigenvalue weighted by Crippen LogP contribution is -2.82. The van der Waals surface area contributed by atoms with Crippen LogP contribution in [-0.4, -0.2) is 112 Å². The monoisotopic (exact) mass is 979 g/mol. The summed E-state index contributed by atoms with van der Waals surface area (Å²) in [5.41, 5.74) is -7.62. The number of aliphatic hydroxyl groups excluding tert-OH is 1. The summed E-state index contributed by atoms with van der Waals surface area (Å²) in [6.07, 6.45) is -11.5. The van der Waals surface area contributed by atoms with Gasteiger partial charge in [0.2, 0.25) is 0 Å². The van der Waals surface area contributed by atoms with Crippen LogP contribution in [0.4, 0.5) is 0 Å². The van der Waals surface area contributed by atoms with Gasteiger partial charge in [-0.1, -0.05) is 94.4 Å². The van der Waals surface area contributed by atoms with Gasteiger partial charge in [-0.2, -0.15) is 0 Å². The first kappa shape index (κ1) is 52.3. The predicted molar refractivity (Wildman–Crippen MR) is 251 cm³/mol. The first-order chi connectivity index (χ1) is 33.5. The first-order valence-corrected chi connectivity index (χ1v) is 23.7. The zero-order valence-corrected chi connectivity index (χ0v) is 41.0. The van der Waals surface area contributed by atoms with E-state index in [1.165, 1.54) is 26.0 Å². The van der Waals surface area contributed by atoms with E-state index in [1.807, 2.05) is 0 Å². The van der Waals surface area contributed by atoms with Crippen LogP contribution in [0.1, 0.15) is 113 Å². The van der Waals surface area contributed by atoms with Crippen molar-refractivity contribution in [2.24, 2.45) is 22.7 Å². The zero-order chi connectivity index (χ0) is 51.8. The summed E-state index contributed by atoms with van der Waals surface area (Å²) in [7, 11) is 0. The molecule has 3 N–H and O–H groups in total. The van der Waals surface area contributed by atoms with Crippen molar-refractivity contribution in [3.63, 3.8) is 0 Å². The van der Waals surface area contributed by atoms with Crippen molar-refractivity contribution in [1.82, 2.24) is 5.32 Å². The van der Waals surface area contributed by atoms with Crippen molar-refractivity contribution in [3.8, 4) is 0 Å². The number of nitrogens with one attached hydrogen (secondary N) is 1. The third-order valence-corrected chi connectivity index (χ3v) is 14.9. The summed E-state index contributed by atoms with van der Waals surface area (Å²) in [6, 6.07) is 22.7. The van der Waals surface area contributed by atoms with E-state index in [9.17, 15) is 43.8 Å². The Balaban J connectivity index is 1.41. The summed E-state index contributed by atoms with van der Waals surface area (Å²) >= 11 is 0. The number of ether oxygens (including phenoxy) is 6. The smallest absolute Gasteiger partial charge is 0.338 e. The quantitative estimate of drug-likeness (QED) is 0.0995. The van der Waals surface area contributed by atoms with Crippen molar-refractivity contribution in [3.05, 3.63) is 119 Å². The minimum absolute atomic E-state index is 0.0247. The van der Waals surface area contributed by atoms with Gasteiger partial charge in [0, 0.05) is 50.0 Å². The van der Waals surface area contributed by atoms with Gasteiger partial charge in [0.15, 0.2) is 23.6 Å². The number of carbonyl (C=O) groups is 8. The number of fused-ring (bicyclic) bond motifs is 5. The fraction of sp³-hybridized carbons (Fsp3) is 0.481. The fourth-order valence-electron chi connectivity index (χ4n) is 11.1. The summed E-state index contributed by atoms with van der Waals surface area (Å²) < 4.78 is 37.1. The van der Waals surface area contributed by atoms with Gasteiger partial charge >= 0.3 is 29.8 Å². The van der Waals surface area contributed by atoms with Crippen LogP contribution in [0.15, 0.2) is 102 Å². The minimum atomic E-state index is -2.49. The molecule has 0 aromatic heterocycles. The highest BCUT2D eigenvalue weighted by Crippen LogP contribution is 2.65. The molecule has 1 heterocycles. The maximum atomic E-state index is 16.1. The molecule has 378 valence electrons. The molecule has 2 bridgehead atoms. The van der Waals surface area contributed by atoms with E-state index in [1.54, 1.807) is 107 Å². The van der Waals surface area contributed by atoms with Gasteiger partial charge in [0.05, 0.1) is 36.0 Å². The van der Waals surface area contributed by atoms with Gasteiger partial charge in [-0.25, -0.2) is 9.59 Å². The molecule has 7 rings (SSSR count). The maximum Gasteiger partial charge on any atom is 0.338 e. The SMILES string of the molecule is CC(=O)O[C@H]1C(=O)[C@]2(C)[C@@H](OC(=O)CCC(=O)C(C)C)C[C@H]3OC[C@@]3(OC(C)=O)[C@H]2[C@H](OC(=O)c2ccccc2)[C@]2(O)C[C@H](OC(=O)[C@H](O)[C@@H](NC(=O)c3ccccc3)c3ccccc3)C(C)=C1C2(C)C. The largest absolute Gasteiger partial charge is 0.461 e. The van der Waals surface area contributed by atoms with Crippen LogP contribution in [0.25, 0.3) is 0 Å². The lowest BCUT2D eigenvalue weighted by molar-refractivity contribution is -0.346. The van der Waals surface area contributed by atoms with E-state index in [0.717, 1.165) is 13.8 Å². The molecule has 3 aliphatic carbocycles. The van der Waals surface area contributed by atoms with Gasteiger partial charge in [-0.15, -0.1) is 0 Å². The van der Waals surface area contributed by atoms with Gasteiger partial charge in [-0.05, 0) is 54.8 Å². The number of aliphatic hydroxyl groups is 2. The third-order valence-electron chi connectivity index (χ3n) is 14.9. The number of hydrogen-bond donors (Lipinski definition) is 3. The molecule has 0 unspecified atom stereocenters. The van der Waals surface area contributed by atoms with E-state index in [4.69, 9.17) is 28.4 Å². The lowest BCUT2D eigenvalue weighted by atomic mass is 9.44. The van der Waals surface area contributed by atoms with Gasteiger partial charge in [0.25, 0.3) is 5.91 Å². The standard InChI is InChI=1S/C54H61NO16/c1-29(2)36(58)24-25-40(59)69-38-26-39-53(28-66-39,71-32(5)57)45-47(70-49(63)35-22-16-11-17-23-35)54(65)27-37(30(3)41(51(54,6)7)44(67-31(4)56)46(61)52(38,45)8)68-50(64)43(60)42(33-18-12-9-13-19-33)55-48(62)34-20-14-10-15-21-34/h9-23,29,37-39,42-45,47,60,65H,24-28H2,1-8H3,(H,55,62)/t37-,38-,39+,42-,43+,44+,45-,47-,52+,53-,54+/m0/s1. The molecule has 4 aliphatic rings. The van der Waals surface area contributed by atoms with Crippen LogP contribution in [-0.2, 0) is 57.2 Å². The fourth-order valence-corrected chi connectivity index (χ4v) is 11.1. The number of Topliss-reactive ketones (excluding diaryl/α,β-unsaturated/α-hetero) is 2. The average Bonchev–Trinajstić information content (AvgIpc) is 3.33. The summed E-state index contributed by atoms with van der Waals surface area (Å²) in [4.78, 5) is 112. The van der Waals surface area contributed by atoms with E-state index < -0.39 is 119 Å². The molecule has 17 heteroatoms. The molecule has 0 spiro atoms. The highest BCUT2D eigenvalue weighted by atomic mass is 16.6. The molecular formula is C54H61NO16. The number of carbonyl (C=O) groups excluding carboxylic acids is 8. The van der Waals surface area contributed by atoms with Crippen LogP contribution in [0.5, 0.6) is 0 Å². The van der Waals surface area contributed by atoms with E-state index in [0.29, 0.717) is 5.56 Å². The Bertz CT molecular complexity index is 2600. The van der Waals surface area contributed by atoms with Crippen molar-refractivity contribution in [2.45, 2.75) is 135 Å². The van der Waals surface area contributed by atoms with Crippen molar-refractivity contribution < 1.29 is 77.0 Å². The molecule has 17 nitrogen and oxygen atoms in total. The summed E-state index contributed by atoms with van der Waals surface area (Å²) in [5.74, 6) is -8.68. The Kier molecular flexibility index (Phi) is 14.9. The molecule has 2 saturated carbocycles. The van der Waals surface area contributed by atoms with Crippen molar-refractivity contribution in [1.29, 1.82) is 0 Å². The third kappa shape index (κ3) is 9.66. The number of esters is 5. The Hall–Kier alpha value is -6.56. The maximum absolute atomic E-state index is 16.1. The van der Waals surface area contributed by atoms with Gasteiger partial charge in [-0.3, -0.25) is 28.8 Å². The Labute approximate surface area is 411 Å². The first-order valence-electron chi connectivity index (χ1n) is 23.7. The molecular weight excluding hydrogens is 919 g/mol. The second-order valence-electron chi connectivity index (χ2n) is 19.9. The second kappa shape index (κ2) is 20.3. The number of amides is 1. The number of rotatable bonds is 15. The van der Waals surface area contributed by atoms with Gasteiger partial charge in [0.1, 0.15) is 35.8 Å². The Morgan fingerprint density at radius 3 is 1.93 bits per heavy atom. The molecule has 11 atom stereocenters. The van der Waals surface area contributed by atoms with Crippen LogP contribution >= 0.6 is 0 Å². The molecule has 3 fully saturated rings. The number of benzene rings is 3. The molecule has 1 aliphatic heterocycles. The van der Waals surface area contributed by atoms with Crippen LogP contribution < -0.4 is 5.32 Å². The van der Waals surface area contributed by atoms with Crippen LogP contribution in [0.2, 0.25) is 0 Å². The normalized spacial score (nSPS) is 29.3. The van der Waals surface area contributed by atoms with E-state index in [2.05, 4.69) is 5.32 Å². The highest BCUT2D eigenvalue weighted by molar-refractivity contribution is 5.97. The zero-order valence-electron chi connectivity index (χ0n) is 41.0. The van der Waals surface area contributed by atoms with Crippen molar-refractivity contribution >= 4 is 47.3 Å². The van der Waals surface area contributed by atoms with Crippen LogP contribution in [0.3, 0.4) is 0 Å². The van der Waals surface area contributed by atoms with Gasteiger partial charge < -0.3 is 44.0 Å². The average molecular weight is 980 g/mol. The number of hydrogen-bond acceptors (Lipinski definition) is 16. The van der Waals surface area contributed by atoms with E-state index >= 15 is 4.79 Å². The molecule has 3 aromatic rings. The molecule has 0 radical (unpaired) electrons. The second-order valence-corrected chi connectivity index (χ2v) is 19.9. The Morgan fingerprint density at radius 2 is 1.38 bits per heavy atom. The van der Waals surface area contributed by atoms with Crippen molar-refractivity contribution in [2.75, 3.05) is 6.61 Å². The topological polar surface area (TPSA) is 244 Å². The lowest BCUT2D eigenvalue weighted by Gasteiger charge is -2.67. The molecule has 1 saturated heterocycles. The molecule has 71 heavy (non-hydrogen) atoms. The number of ketones is 2. The Morgan fingerprint density at radius 1 is 0.789 bits per heavy atom. The van der Waals surface area contributed by atoms with E-state index in [-0.39, 0.29) is 59.8 Å². The molecule has 3 aromatic carbocycles. The summed E-state index contributed by atoms with van der Waals surface area (Å²) in [6.45, 7) is 11.2. The predicted octanol–water partition coefficient (Wildman–Crippen LogP) is 5.29. The van der Waals surface area contributed by atoms with Crippen LogP contribution in [0, 0.1) is 22.7 Å².